The van der Waals surface area contributed by atoms with E-state index in [-0.39, 0.29) is 5.56 Å². The predicted octanol–water partition coefficient (Wildman–Crippen LogP) is 1.99. The SMILES string of the molecule is COc1cc2nc[nH]c(=O)c2cc1-c1cccnc1. The first-order valence-electron chi connectivity index (χ1n) is 5.75. The Morgan fingerprint density at radius 3 is 2.95 bits per heavy atom. The van der Waals surface area contributed by atoms with Crippen LogP contribution in [0, 0.1) is 0 Å². The Labute approximate surface area is 108 Å². The van der Waals surface area contributed by atoms with Crippen LogP contribution in [0.3, 0.4) is 0 Å². The third kappa shape index (κ3) is 1.95. The van der Waals surface area contributed by atoms with E-state index in [0.717, 1.165) is 11.1 Å². The summed E-state index contributed by atoms with van der Waals surface area (Å²) in [6.45, 7) is 0. The van der Waals surface area contributed by atoms with Crippen molar-refractivity contribution in [3.05, 3.63) is 53.3 Å². The Morgan fingerprint density at radius 2 is 2.21 bits per heavy atom. The van der Waals surface area contributed by atoms with Crippen molar-refractivity contribution in [2.24, 2.45) is 0 Å². The highest BCUT2D eigenvalue weighted by Gasteiger charge is 2.10. The van der Waals surface area contributed by atoms with Crippen molar-refractivity contribution < 1.29 is 4.74 Å². The van der Waals surface area contributed by atoms with Gasteiger partial charge in [-0.3, -0.25) is 9.78 Å². The third-order valence-electron chi connectivity index (χ3n) is 2.93. The zero-order chi connectivity index (χ0) is 13.2. The highest BCUT2D eigenvalue weighted by molar-refractivity contribution is 5.87. The average molecular weight is 253 g/mol. The molecule has 0 unspecified atom stereocenters. The minimum atomic E-state index is -0.169. The number of benzene rings is 1. The van der Waals surface area contributed by atoms with Crippen LogP contribution in [0.15, 0.2) is 47.8 Å². The maximum Gasteiger partial charge on any atom is 0.258 e. The molecule has 19 heavy (non-hydrogen) atoms. The minimum Gasteiger partial charge on any atom is -0.496 e. The molecule has 0 aliphatic carbocycles. The van der Waals surface area contributed by atoms with Crippen LogP contribution >= 0.6 is 0 Å². The lowest BCUT2D eigenvalue weighted by molar-refractivity contribution is 0.417. The summed E-state index contributed by atoms with van der Waals surface area (Å²) in [4.78, 5) is 22.6. The van der Waals surface area contributed by atoms with Gasteiger partial charge in [-0.2, -0.15) is 0 Å². The van der Waals surface area contributed by atoms with Crippen molar-refractivity contribution in [1.82, 2.24) is 15.0 Å². The van der Waals surface area contributed by atoms with Crippen molar-refractivity contribution in [3.63, 3.8) is 0 Å². The third-order valence-corrected chi connectivity index (χ3v) is 2.93. The van der Waals surface area contributed by atoms with Gasteiger partial charge >= 0.3 is 0 Å². The van der Waals surface area contributed by atoms with Gasteiger partial charge in [0.05, 0.1) is 24.3 Å². The maximum absolute atomic E-state index is 11.8. The second-order valence-corrected chi connectivity index (χ2v) is 4.04. The normalized spacial score (nSPS) is 10.6. The molecule has 94 valence electrons. The van der Waals surface area contributed by atoms with Gasteiger partial charge in [-0.05, 0) is 12.1 Å². The molecule has 2 heterocycles. The maximum atomic E-state index is 11.8. The fourth-order valence-corrected chi connectivity index (χ4v) is 2.01. The monoisotopic (exact) mass is 253 g/mol. The van der Waals surface area contributed by atoms with E-state index in [2.05, 4.69) is 15.0 Å². The van der Waals surface area contributed by atoms with E-state index in [4.69, 9.17) is 4.74 Å². The average Bonchev–Trinajstić information content (AvgIpc) is 2.47. The lowest BCUT2D eigenvalue weighted by Gasteiger charge is -2.09. The summed E-state index contributed by atoms with van der Waals surface area (Å²) in [7, 11) is 1.59. The highest BCUT2D eigenvalue weighted by atomic mass is 16.5. The summed E-state index contributed by atoms with van der Waals surface area (Å²) in [6.07, 6.45) is 4.81. The number of pyridine rings is 1. The van der Waals surface area contributed by atoms with Gasteiger partial charge in [0, 0.05) is 29.6 Å². The molecule has 1 aromatic carbocycles. The summed E-state index contributed by atoms with van der Waals surface area (Å²) in [5, 5.41) is 0.530. The minimum absolute atomic E-state index is 0.169. The van der Waals surface area contributed by atoms with E-state index in [1.165, 1.54) is 6.33 Å². The molecule has 0 fully saturated rings. The largest absolute Gasteiger partial charge is 0.496 e. The summed E-state index contributed by atoms with van der Waals surface area (Å²) >= 11 is 0. The number of H-pyrrole nitrogens is 1. The van der Waals surface area contributed by atoms with Gasteiger partial charge in [0.2, 0.25) is 0 Å². The Kier molecular flexibility index (Phi) is 2.72. The van der Waals surface area contributed by atoms with Crippen LogP contribution in [0.1, 0.15) is 0 Å². The van der Waals surface area contributed by atoms with Gasteiger partial charge < -0.3 is 9.72 Å². The molecule has 5 nitrogen and oxygen atoms in total. The molecule has 3 aromatic rings. The Hall–Kier alpha value is -2.69. The molecule has 0 radical (unpaired) electrons. The topological polar surface area (TPSA) is 67.9 Å². The molecule has 0 atom stereocenters. The van der Waals surface area contributed by atoms with Crippen molar-refractivity contribution in [1.29, 1.82) is 0 Å². The lowest BCUT2D eigenvalue weighted by Crippen LogP contribution is -2.06. The molecule has 0 spiro atoms. The molecule has 3 rings (SSSR count). The number of rotatable bonds is 2. The lowest BCUT2D eigenvalue weighted by atomic mass is 10.0. The number of hydrogen-bond donors (Lipinski definition) is 1. The number of aromatic amines is 1. The first-order valence-corrected chi connectivity index (χ1v) is 5.75. The molecule has 1 N–H and O–H groups in total. The summed E-state index contributed by atoms with van der Waals surface area (Å²) in [6, 6.07) is 7.29. The fourth-order valence-electron chi connectivity index (χ4n) is 2.01. The number of ether oxygens (including phenoxy) is 1. The number of hydrogen-bond acceptors (Lipinski definition) is 4. The molecule has 0 bridgehead atoms. The molecule has 2 aromatic heterocycles. The van der Waals surface area contributed by atoms with E-state index in [1.807, 2.05) is 12.1 Å². The molecule has 0 amide bonds. The number of nitrogens with zero attached hydrogens (tertiary/aromatic N) is 2. The molecular weight excluding hydrogens is 242 g/mol. The molecule has 0 saturated heterocycles. The number of nitrogens with one attached hydrogen (secondary N) is 1. The summed E-state index contributed by atoms with van der Waals surface area (Å²) in [5.74, 6) is 0.665. The van der Waals surface area contributed by atoms with Gasteiger partial charge in [0.25, 0.3) is 5.56 Å². The van der Waals surface area contributed by atoms with Crippen LogP contribution in [-0.4, -0.2) is 22.1 Å². The van der Waals surface area contributed by atoms with Gasteiger partial charge in [-0.1, -0.05) is 6.07 Å². The fraction of sp³-hybridized carbons (Fsp3) is 0.0714. The van der Waals surface area contributed by atoms with E-state index in [9.17, 15) is 4.79 Å². The van der Waals surface area contributed by atoms with Crippen molar-refractivity contribution >= 4 is 10.9 Å². The Balaban J connectivity index is 2.35. The Bertz CT molecular complexity index is 782. The quantitative estimate of drug-likeness (QED) is 0.758. The molecule has 0 aliphatic heterocycles. The Morgan fingerprint density at radius 1 is 1.32 bits per heavy atom. The summed E-state index contributed by atoms with van der Waals surface area (Å²) in [5.41, 5.74) is 2.15. The number of methoxy groups -OCH3 is 1. The number of aromatic nitrogens is 3. The molecule has 5 heteroatoms. The molecule has 0 aliphatic rings. The standard InChI is InChI=1S/C14H11N3O2/c1-19-13-6-12-11(14(18)17-8-16-12)5-10(13)9-3-2-4-15-7-9/h2-8H,1H3,(H,16,17,18). The first-order chi connectivity index (χ1) is 9.29. The van der Waals surface area contributed by atoms with Crippen LogP contribution < -0.4 is 10.3 Å². The van der Waals surface area contributed by atoms with Crippen molar-refractivity contribution in [3.8, 4) is 16.9 Å². The second kappa shape index (κ2) is 4.53. The summed E-state index contributed by atoms with van der Waals surface area (Å²) < 4.78 is 5.37. The zero-order valence-electron chi connectivity index (χ0n) is 10.3. The van der Waals surface area contributed by atoms with E-state index in [0.29, 0.717) is 16.7 Å². The van der Waals surface area contributed by atoms with Crippen LogP contribution in [-0.2, 0) is 0 Å². The molecule has 0 saturated carbocycles. The van der Waals surface area contributed by atoms with Gasteiger partial charge in [0.1, 0.15) is 5.75 Å². The molecular formula is C14H11N3O2. The first kappa shape index (κ1) is 11.4. The second-order valence-electron chi connectivity index (χ2n) is 4.04. The van der Waals surface area contributed by atoms with Crippen LogP contribution in [0.25, 0.3) is 22.0 Å². The van der Waals surface area contributed by atoms with Crippen molar-refractivity contribution in [2.45, 2.75) is 0 Å². The van der Waals surface area contributed by atoms with Crippen molar-refractivity contribution in [2.75, 3.05) is 7.11 Å². The van der Waals surface area contributed by atoms with Gasteiger partial charge in [-0.15, -0.1) is 0 Å². The van der Waals surface area contributed by atoms with Crippen LogP contribution in [0.2, 0.25) is 0 Å². The smallest absolute Gasteiger partial charge is 0.258 e. The van der Waals surface area contributed by atoms with Gasteiger partial charge in [0.15, 0.2) is 0 Å². The highest BCUT2D eigenvalue weighted by Crippen LogP contribution is 2.31. The van der Waals surface area contributed by atoms with Gasteiger partial charge in [-0.25, -0.2) is 4.98 Å². The van der Waals surface area contributed by atoms with E-state index < -0.39 is 0 Å². The van der Waals surface area contributed by atoms with Crippen LogP contribution in [0.5, 0.6) is 5.75 Å². The predicted molar refractivity (Wildman–Crippen MR) is 72.1 cm³/mol. The van der Waals surface area contributed by atoms with Crippen LogP contribution in [0.4, 0.5) is 0 Å². The number of fused-ring (bicyclic) bond motifs is 1. The zero-order valence-corrected chi connectivity index (χ0v) is 10.3. The van der Waals surface area contributed by atoms with E-state index >= 15 is 0 Å². The van der Waals surface area contributed by atoms with E-state index in [1.54, 1.807) is 31.6 Å².